The fourth-order valence-electron chi connectivity index (χ4n) is 2.92. The van der Waals surface area contributed by atoms with Crippen LogP contribution < -0.4 is 11.1 Å². The van der Waals surface area contributed by atoms with Gasteiger partial charge in [-0.05, 0) is 51.1 Å². The van der Waals surface area contributed by atoms with Gasteiger partial charge in [0.1, 0.15) is 0 Å². The highest BCUT2D eigenvalue weighted by atomic mass is 35.5. The molecule has 6 heteroatoms. The number of nitrogens with zero attached hydrogens (tertiary/aromatic N) is 1. The van der Waals surface area contributed by atoms with Crippen molar-refractivity contribution in [3.63, 3.8) is 0 Å². The summed E-state index contributed by atoms with van der Waals surface area (Å²) in [6.07, 6.45) is 4.85. The van der Waals surface area contributed by atoms with Crippen LogP contribution in [0.5, 0.6) is 0 Å². The van der Waals surface area contributed by atoms with Crippen LogP contribution in [0.2, 0.25) is 0 Å². The van der Waals surface area contributed by atoms with Crippen LogP contribution in [-0.2, 0) is 11.3 Å². The Hall–Kier alpha value is -0.810. The first-order chi connectivity index (χ1) is 9.90. The van der Waals surface area contributed by atoms with E-state index in [4.69, 9.17) is 5.73 Å². The van der Waals surface area contributed by atoms with E-state index >= 15 is 0 Å². The van der Waals surface area contributed by atoms with Crippen molar-refractivity contribution in [1.82, 2.24) is 4.90 Å². The van der Waals surface area contributed by atoms with Crippen LogP contribution in [0.3, 0.4) is 0 Å². The first kappa shape index (κ1) is 22.2. The van der Waals surface area contributed by atoms with Crippen LogP contribution in [0, 0.1) is 6.92 Å². The Balaban J connectivity index is 0.00000242. The van der Waals surface area contributed by atoms with Crippen molar-refractivity contribution in [3.05, 3.63) is 29.3 Å². The first-order valence-electron chi connectivity index (χ1n) is 7.75. The summed E-state index contributed by atoms with van der Waals surface area (Å²) < 4.78 is 0. The number of hydrogen-bond donors (Lipinski definition) is 2. The normalized spacial score (nSPS) is 16.2. The molecule has 1 aromatic rings. The van der Waals surface area contributed by atoms with Gasteiger partial charge in [0.2, 0.25) is 5.91 Å². The van der Waals surface area contributed by atoms with E-state index in [9.17, 15) is 4.79 Å². The van der Waals surface area contributed by atoms with Gasteiger partial charge in [-0.2, -0.15) is 0 Å². The summed E-state index contributed by atoms with van der Waals surface area (Å²) in [7, 11) is 4.07. The van der Waals surface area contributed by atoms with E-state index < -0.39 is 5.54 Å². The second kappa shape index (κ2) is 9.48. The zero-order valence-corrected chi connectivity index (χ0v) is 15.9. The molecule has 1 aromatic carbocycles. The van der Waals surface area contributed by atoms with Gasteiger partial charge in [0.25, 0.3) is 0 Å². The summed E-state index contributed by atoms with van der Waals surface area (Å²) >= 11 is 0. The lowest BCUT2D eigenvalue weighted by atomic mass is 9.82. The standard InChI is InChI=1S/C17H27N3O.2ClH/c1-13-7-8-14(12-20(2)3)11-15(13)19-16(21)17(18)9-5-4-6-10-17;;/h7-8,11H,4-6,9-10,12,18H2,1-3H3,(H,19,21);2*1H. The van der Waals surface area contributed by atoms with Crippen molar-refractivity contribution in [2.75, 3.05) is 19.4 Å². The highest BCUT2D eigenvalue weighted by Gasteiger charge is 2.35. The Bertz CT molecular complexity index is 515. The Kier molecular flexibility index (Phi) is 9.14. The second-order valence-electron chi connectivity index (χ2n) is 6.56. The minimum absolute atomic E-state index is 0. The van der Waals surface area contributed by atoms with Crippen LogP contribution in [0.4, 0.5) is 5.69 Å². The Morgan fingerprint density at radius 1 is 1.22 bits per heavy atom. The van der Waals surface area contributed by atoms with Gasteiger partial charge in [-0.25, -0.2) is 0 Å². The fraction of sp³-hybridized carbons (Fsp3) is 0.588. The third kappa shape index (κ3) is 5.96. The zero-order chi connectivity index (χ0) is 15.5. The van der Waals surface area contributed by atoms with Gasteiger partial charge in [0.15, 0.2) is 0 Å². The molecule has 23 heavy (non-hydrogen) atoms. The van der Waals surface area contributed by atoms with E-state index in [1.807, 2.05) is 21.0 Å². The molecule has 0 atom stereocenters. The average Bonchev–Trinajstić information content (AvgIpc) is 2.42. The number of anilines is 1. The number of amides is 1. The highest BCUT2D eigenvalue weighted by molar-refractivity contribution is 5.98. The smallest absolute Gasteiger partial charge is 0.244 e. The monoisotopic (exact) mass is 361 g/mol. The number of carbonyl (C=O) groups excluding carboxylic acids is 1. The van der Waals surface area contributed by atoms with Crippen LogP contribution in [-0.4, -0.2) is 30.4 Å². The van der Waals surface area contributed by atoms with E-state index in [0.717, 1.165) is 43.5 Å². The molecule has 2 rings (SSSR count). The summed E-state index contributed by atoms with van der Waals surface area (Å²) in [5.41, 5.74) is 8.76. The van der Waals surface area contributed by atoms with Gasteiger partial charge in [-0.15, -0.1) is 24.8 Å². The van der Waals surface area contributed by atoms with Crippen molar-refractivity contribution in [2.24, 2.45) is 5.73 Å². The second-order valence-corrected chi connectivity index (χ2v) is 6.56. The van der Waals surface area contributed by atoms with Gasteiger partial charge < -0.3 is 16.0 Å². The third-order valence-electron chi connectivity index (χ3n) is 4.25. The molecule has 0 heterocycles. The van der Waals surface area contributed by atoms with E-state index in [2.05, 4.69) is 28.4 Å². The van der Waals surface area contributed by atoms with Crippen molar-refractivity contribution in [3.8, 4) is 0 Å². The van der Waals surface area contributed by atoms with Crippen molar-refractivity contribution >= 4 is 36.4 Å². The Labute approximate surface area is 152 Å². The van der Waals surface area contributed by atoms with E-state index in [1.54, 1.807) is 0 Å². The molecule has 1 aliphatic rings. The molecule has 1 saturated carbocycles. The van der Waals surface area contributed by atoms with Crippen molar-refractivity contribution < 1.29 is 4.79 Å². The molecule has 1 fully saturated rings. The molecule has 132 valence electrons. The molecular weight excluding hydrogens is 333 g/mol. The molecule has 3 N–H and O–H groups in total. The summed E-state index contributed by atoms with van der Waals surface area (Å²) in [6, 6.07) is 6.21. The molecule has 0 aliphatic heterocycles. The van der Waals surface area contributed by atoms with Crippen LogP contribution in [0.25, 0.3) is 0 Å². The Morgan fingerprint density at radius 2 is 1.83 bits per heavy atom. The molecular formula is C17H29Cl2N3O. The third-order valence-corrected chi connectivity index (χ3v) is 4.25. The average molecular weight is 362 g/mol. The van der Waals surface area contributed by atoms with Crippen LogP contribution in [0.1, 0.15) is 43.2 Å². The summed E-state index contributed by atoms with van der Waals surface area (Å²) in [4.78, 5) is 14.6. The SMILES string of the molecule is Cc1ccc(CN(C)C)cc1NC(=O)C1(N)CCCCC1.Cl.Cl. The van der Waals surface area contributed by atoms with Gasteiger partial charge in [0, 0.05) is 12.2 Å². The maximum Gasteiger partial charge on any atom is 0.244 e. The van der Waals surface area contributed by atoms with Gasteiger partial charge in [0.05, 0.1) is 5.54 Å². The number of halogens is 2. The van der Waals surface area contributed by atoms with Crippen molar-refractivity contribution in [2.45, 2.75) is 51.1 Å². The minimum atomic E-state index is -0.692. The lowest BCUT2D eigenvalue weighted by Gasteiger charge is -2.32. The molecule has 0 radical (unpaired) electrons. The number of carbonyl (C=O) groups is 1. The molecule has 0 saturated heterocycles. The lowest BCUT2D eigenvalue weighted by molar-refractivity contribution is -0.122. The molecule has 0 spiro atoms. The van der Waals surface area contributed by atoms with Gasteiger partial charge in [-0.1, -0.05) is 31.4 Å². The number of rotatable bonds is 4. The number of nitrogens with two attached hydrogens (primary N) is 1. The predicted octanol–water partition coefficient (Wildman–Crippen LogP) is 3.50. The van der Waals surface area contributed by atoms with Gasteiger partial charge >= 0.3 is 0 Å². The van der Waals surface area contributed by atoms with E-state index in [-0.39, 0.29) is 30.7 Å². The zero-order valence-electron chi connectivity index (χ0n) is 14.2. The molecule has 0 unspecified atom stereocenters. The highest BCUT2D eigenvalue weighted by Crippen LogP contribution is 2.28. The molecule has 1 amide bonds. The van der Waals surface area contributed by atoms with Crippen molar-refractivity contribution in [1.29, 1.82) is 0 Å². The Morgan fingerprint density at radius 3 is 2.39 bits per heavy atom. The topological polar surface area (TPSA) is 58.4 Å². The van der Waals surface area contributed by atoms with Crippen LogP contribution >= 0.6 is 24.8 Å². The molecule has 0 aromatic heterocycles. The molecule has 1 aliphatic carbocycles. The fourth-order valence-corrected chi connectivity index (χ4v) is 2.92. The number of hydrogen-bond acceptors (Lipinski definition) is 3. The van der Waals surface area contributed by atoms with E-state index in [1.165, 1.54) is 12.0 Å². The van der Waals surface area contributed by atoms with Crippen LogP contribution in [0.15, 0.2) is 18.2 Å². The minimum Gasteiger partial charge on any atom is -0.324 e. The lowest BCUT2D eigenvalue weighted by Crippen LogP contribution is -2.52. The quantitative estimate of drug-likeness (QED) is 0.862. The molecule has 0 bridgehead atoms. The number of nitrogens with one attached hydrogen (secondary N) is 1. The summed E-state index contributed by atoms with van der Waals surface area (Å²) in [6.45, 7) is 2.87. The van der Waals surface area contributed by atoms with E-state index in [0.29, 0.717) is 0 Å². The summed E-state index contributed by atoms with van der Waals surface area (Å²) in [5, 5.41) is 3.05. The first-order valence-corrected chi connectivity index (χ1v) is 7.75. The van der Waals surface area contributed by atoms with Gasteiger partial charge in [-0.3, -0.25) is 4.79 Å². The largest absolute Gasteiger partial charge is 0.324 e. The maximum atomic E-state index is 12.5. The maximum absolute atomic E-state index is 12.5. The predicted molar refractivity (Wildman–Crippen MR) is 102 cm³/mol. The molecule has 4 nitrogen and oxygen atoms in total. The number of benzene rings is 1. The summed E-state index contributed by atoms with van der Waals surface area (Å²) in [5.74, 6) is -0.0349. The number of aryl methyl sites for hydroxylation is 1.